The fourth-order valence-electron chi connectivity index (χ4n) is 2.74. The van der Waals surface area contributed by atoms with Gasteiger partial charge in [-0.05, 0) is 31.6 Å². The third kappa shape index (κ3) is 3.77. The van der Waals surface area contributed by atoms with Crippen LogP contribution in [0.1, 0.15) is 51.4 Å². The van der Waals surface area contributed by atoms with Crippen LogP contribution in [-0.4, -0.2) is 23.9 Å². The molecular weight excluding hydrogens is 210 g/mol. The summed E-state index contributed by atoms with van der Waals surface area (Å²) in [5.74, 6) is 3.96. The third-order valence-corrected chi connectivity index (χ3v) is 3.97. The molecular formula is C15H23NO. The lowest BCUT2D eigenvalue weighted by molar-refractivity contribution is -0.135. The minimum absolute atomic E-state index is 0.254. The van der Waals surface area contributed by atoms with Crippen molar-refractivity contribution in [3.8, 4) is 12.3 Å². The minimum atomic E-state index is 0.254. The Bertz CT molecular complexity index is 293. The smallest absolute Gasteiger partial charge is 0.226 e. The van der Waals surface area contributed by atoms with E-state index in [1.807, 2.05) is 4.90 Å². The van der Waals surface area contributed by atoms with Crippen LogP contribution in [-0.2, 0) is 4.79 Å². The monoisotopic (exact) mass is 233 g/mol. The van der Waals surface area contributed by atoms with Crippen molar-refractivity contribution < 1.29 is 4.79 Å². The van der Waals surface area contributed by atoms with E-state index < -0.39 is 0 Å². The number of hydrogen-bond acceptors (Lipinski definition) is 1. The molecule has 2 saturated carbocycles. The molecule has 0 bridgehead atoms. The Labute approximate surface area is 105 Å². The van der Waals surface area contributed by atoms with E-state index >= 15 is 0 Å². The van der Waals surface area contributed by atoms with Gasteiger partial charge in [0.05, 0.1) is 6.54 Å². The number of nitrogens with zero attached hydrogens (tertiary/aromatic N) is 1. The lowest BCUT2D eigenvalue weighted by Gasteiger charge is -2.25. The summed E-state index contributed by atoms with van der Waals surface area (Å²) in [5.41, 5.74) is 0. The molecule has 0 saturated heterocycles. The van der Waals surface area contributed by atoms with Gasteiger partial charge < -0.3 is 4.90 Å². The highest BCUT2D eigenvalue weighted by Gasteiger charge is 2.30. The Morgan fingerprint density at radius 2 is 1.76 bits per heavy atom. The number of rotatable bonds is 4. The molecule has 0 spiro atoms. The summed E-state index contributed by atoms with van der Waals surface area (Å²) in [7, 11) is 0. The van der Waals surface area contributed by atoms with Gasteiger partial charge in [0.15, 0.2) is 0 Å². The van der Waals surface area contributed by atoms with E-state index in [0.29, 0.717) is 12.5 Å². The van der Waals surface area contributed by atoms with Crippen molar-refractivity contribution in [1.82, 2.24) is 4.90 Å². The molecule has 0 aromatic heterocycles. The number of amides is 1. The molecule has 2 heteroatoms. The highest BCUT2D eigenvalue weighted by atomic mass is 16.2. The summed E-state index contributed by atoms with van der Waals surface area (Å²) in [4.78, 5) is 14.4. The minimum Gasteiger partial charge on any atom is -0.331 e. The van der Waals surface area contributed by atoms with Crippen molar-refractivity contribution in [2.45, 2.75) is 51.4 Å². The molecule has 2 aliphatic carbocycles. The third-order valence-electron chi connectivity index (χ3n) is 3.97. The van der Waals surface area contributed by atoms with Gasteiger partial charge in [0.1, 0.15) is 0 Å². The maximum atomic E-state index is 12.4. The predicted molar refractivity (Wildman–Crippen MR) is 69.3 cm³/mol. The summed E-state index contributed by atoms with van der Waals surface area (Å²) in [6, 6.07) is 0. The molecule has 0 radical (unpaired) electrons. The van der Waals surface area contributed by atoms with Crippen molar-refractivity contribution in [1.29, 1.82) is 0 Å². The molecule has 1 amide bonds. The van der Waals surface area contributed by atoms with Crippen LogP contribution in [0.5, 0.6) is 0 Å². The normalized spacial score (nSPS) is 21.6. The van der Waals surface area contributed by atoms with E-state index in [0.717, 1.165) is 25.3 Å². The molecule has 17 heavy (non-hydrogen) atoms. The highest BCUT2D eigenvalue weighted by Crippen LogP contribution is 2.31. The fourth-order valence-corrected chi connectivity index (χ4v) is 2.74. The van der Waals surface area contributed by atoms with Gasteiger partial charge in [0.25, 0.3) is 0 Å². The molecule has 2 rings (SSSR count). The molecule has 94 valence electrons. The Kier molecular flexibility index (Phi) is 4.48. The number of carbonyl (C=O) groups is 1. The molecule has 0 unspecified atom stereocenters. The second-order valence-electron chi connectivity index (χ2n) is 5.55. The van der Waals surface area contributed by atoms with Crippen LogP contribution in [0.2, 0.25) is 0 Å². The molecule has 0 N–H and O–H groups in total. The van der Waals surface area contributed by atoms with Gasteiger partial charge in [-0.15, -0.1) is 6.42 Å². The van der Waals surface area contributed by atoms with Gasteiger partial charge in [-0.3, -0.25) is 4.79 Å². The predicted octanol–water partition coefficient (Wildman–Crippen LogP) is 2.83. The average Bonchev–Trinajstić information content (AvgIpc) is 3.14. The van der Waals surface area contributed by atoms with E-state index in [-0.39, 0.29) is 5.92 Å². The van der Waals surface area contributed by atoms with Crippen LogP contribution in [0.4, 0.5) is 0 Å². The Hall–Kier alpha value is -0.970. The Morgan fingerprint density at radius 3 is 2.29 bits per heavy atom. The quantitative estimate of drug-likeness (QED) is 0.540. The summed E-state index contributed by atoms with van der Waals surface area (Å²) in [6.45, 7) is 1.41. The second-order valence-corrected chi connectivity index (χ2v) is 5.55. The number of hydrogen-bond donors (Lipinski definition) is 0. The van der Waals surface area contributed by atoms with Crippen molar-refractivity contribution in [2.75, 3.05) is 13.1 Å². The summed E-state index contributed by atoms with van der Waals surface area (Å²) < 4.78 is 0. The molecule has 0 aromatic carbocycles. The lowest BCUT2D eigenvalue weighted by Crippen LogP contribution is -2.37. The SMILES string of the molecule is C#CCN(CC1CC1)C(=O)C1CCCCCC1. The van der Waals surface area contributed by atoms with Crippen LogP contribution in [0.15, 0.2) is 0 Å². The van der Waals surface area contributed by atoms with Crippen LogP contribution in [0.25, 0.3) is 0 Å². The first-order valence-corrected chi connectivity index (χ1v) is 7.03. The van der Waals surface area contributed by atoms with Crippen LogP contribution in [0, 0.1) is 24.2 Å². The molecule has 2 aliphatic rings. The van der Waals surface area contributed by atoms with Crippen LogP contribution >= 0.6 is 0 Å². The first-order chi connectivity index (χ1) is 8.31. The maximum Gasteiger partial charge on any atom is 0.226 e. The maximum absolute atomic E-state index is 12.4. The lowest BCUT2D eigenvalue weighted by atomic mass is 9.98. The summed E-state index contributed by atoms with van der Waals surface area (Å²) >= 11 is 0. The Morgan fingerprint density at radius 1 is 1.12 bits per heavy atom. The largest absolute Gasteiger partial charge is 0.331 e. The van der Waals surface area contributed by atoms with Crippen molar-refractivity contribution >= 4 is 5.91 Å². The van der Waals surface area contributed by atoms with Gasteiger partial charge >= 0.3 is 0 Å². The van der Waals surface area contributed by atoms with E-state index in [9.17, 15) is 4.79 Å². The van der Waals surface area contributed by atoms with Gasteiger partial charge in [-0.25, -0.2) is 0 Å². The first kappa shape index (κ1) is 12.5. The van der Waals surface area contributed by atoms with Gasteiger partial charge in [0, 0.05) is 12.5 Å². The first-order valence-electron chi connectivity index (χ1n) is 7.03. The van der Waals surface area contributed by atoms with Gasteiger partial charge in [0.2, 0.25) is 5.91 Å². The van der Waals surface area contributed by atoms with Crippen molar-refractivity contribution in [3.63, 3.8) is 0 Å². The fraction of sp³-hybridized carbons (Fsp3) is 0.800. The van der Waals surface area contributed by atoms with Crippen molar-refractivity contribution in [2.24, 2.45) is 11.8 Å². The van der Waals surface area contributed by atoms with Crippen LogP contribution in [0.3, 0.4) is 0 Å². The second kappa shape index (κ2) is 6.10. The summed E-state index contributed by atoms with van der Waals surface area (Å²) in [5, 5.41) is 0. The topological polar surface area (TPSA) is 20.3 Å². The molecule has 2 fully saturated rings. The van der Waals surface area contributed by atoms with Gasteiger partial charge in [-0.1, -0.05) is 31.6 Å². The zero-order valence-electron chi connectivity index (χ0n) is 10.7. The summed E-state index contributed by atoms with van der Waals surface area (Å²) in [6.07, 6.45) is 15.1. The van der Waals surface area contributed by atoms with Crippen molar-refractivity contribution in [3.05, 3.63) is 0 Å². The van der Waals surface area contributed by atoms with E-state index in [2.05, 4.69) is 5.92 Å². The zero-order chi connectivity index (χ0) is 12.1. The van der Waals surface area contributed by atoms with E-state index in [4.69, 9.17) is 6.42 Å². The Balaban J connectivity index is 1.90. The van der Waals surface area contributed by atoms with Crippen LogP contribution < -0.4 is 0 Å². The molecule has 0 heterocycles. The highest BCUT2D eigenvalue weighted by molar-refractivity contribution is 5.79. The van der Waals surface area contributed by atoms with Gasteiger partial charge in [-0.2, -0.15) is 0 Å². The standard InChI is InChI=1S/C15H23NO/c1-2-11-16(12-13-9-10-13)15(17)14-7-5-3-4-6-8-14/h1,13-14H,3-12H2. The average molecular weight is 233 g/mol. The molecule has 0 aliphatic heterocycles. The van der Waals surface area contributed by atoms with E-state index in [1.54, 1.807) is 0 Å². The van der Waals surface area contributed by atoms with E-state index in [1.165, 1.54) is 38.5 Å². The molecule has 0 aromatic rings. The molecule has 2 nitrogen and oxygen atoms in total. The number of carbonyl (C=O) groups excluding carboxylic acids is 1. The number of terminal acetylenes is 1. The molecule has 0 atom stereocenters. The zero-order valence-corrected chi connectivity index (χ0v) is 10.7.